The normalized spacial score (nSPS) is 17.8. The van der Waals surface area contributed by atoms with Gasteiger partial charge in [0.15, 0.2) is 0 Å². The number of pyridine rings is 1. The standard InChI is InChI=1S/C17H18N2O2/c20-17-19(11-5-7-14-6-4-10-18-12-14)16(13-21-17)15-8-2-1-3-9-15/h1-4,6,8-10,12,16H,5,7,11,13H2. The minimum Gasteiger partial charge on any atom is -0.447 e. The lowest BCUT2D eigenvalue weighted by Crippen LogP contribution is -2.29. The van der Waals surface area contributed by atoms with Crippen molar-refractivity contribution in [3.8, 4) is 0 Å². The summed E-state index contributed by atoms with van der Waals surface area (Å²) in [5.74, 6) is 0. The molecule has 1 amide bonds. The summed E-state index contributed by atoms with van der Waals surface area (Å²) in [6.07, 6.45) is 5.25. The molecule has 1 unspecified atom stereocenters. The molecule has 2 heterocycles. The van der Waals surface area contributed by atoms with E-state index in [9.17, 15) is 4.79 Å². The quantitative estimate of drug-likeness (QED) is 0.845. The van der Waals surface area contributed by atoms with E-state index in [0.717, 1.165) is 18.4 Å². The molecule has 1 aliphatic heterocycles. The van der Waals surface area contributed by atoms with Crippen LogP contribution in [0.15, 0.2) is 54.9 Å². The Morgan fingerprint density at radius 3 is 2.81 bits per heavy atom. The number of nitrogens with zero attached hydrogens (tertiary/aromatic N) is 2. The first-order chi connectivity index (χ1) is 10.3. The number of amides is 1. The summed E-state index contributed by atoms with van der Waals surface area (Å²) in [6, 6.07) is 14.1. The third-order valence-electron chi connectivity index (χ3n) is 3.75. The average molecular weight is 282 g/mol. The summed E-state index contributed by atoms with van der Waals surface area (Å²) < 4.78 is 5.21. The molecule has 1 aliphatic rings. The fourth-order valence-corrected chi connectivity index (χ4v) is 2.65. The number of carbonyl (C=O) groups excluding carboxylic acids is 1. The van der Waals surface area contributed by atoms with Gasteiger partial charge >= 0.3 is 6.09 Å². The molecular formula is C17H18N2O2. The van der Waals surface area contributed by atoms with Gasteiger partial charge in [-0.15, -0.1) is 0 Å². The third-order valence-corrected chi connectivity index (χ3v) is 3.75. The van der Waals surface area contributed by atoms with Crippen LogP contribution in [0.5, 0.6) is 0 Å². The van der Waals surface area contributed by atoms with Gasteiger partial charge in [0.25, 0.3) is 0 Å². The molecule has 3 rings (SSSR count). The Balaban J connectivity index is 1.61. The lowest BCUT2D eigenvalue weighted by Gasteiger charge is -2.21. The van der Waals surface area contributed by atoms with Gasteiger partial charge in [0.1, 0.15) is 6.61 Å². The van der Waals surface area contributed by atoms with Gasteiger partial charge < -0.3 is 4.74 Å². The van der Waals surface area contributed by atoms with Gasteiger partial charge in [-0.05, 0) is 30.0 Å². The molecule has 1 saturated heterocycles. The van der Waals surface area contributed by atoms with Crippen molar-refractivity contribution in [2.75, 3.05) is 13.2 Å². The molecule has 1 aromatic carbocycles. The van der Waals surface area contributed by atoms with Crippen molar-refractivity contribution >= 4 is 6.09 Å². The molecule has 1 fully saturated rings. The summed E-state index contributed by atoms with van der Waals surface area (Å²) in [5.41, 5.74) is 2.33. The lowest BCUT2D eigenvalue weighted by atomic mass is 10.1. The number of carbonyl (C=O) groups is 1. The van der Waals surface area contributed by atoms with Crippen LogP contribution in [0.25, 0.3) is 0 Å². The van der Waals surface area contributed by atoms with Gasteiger partial charge in [-0.2, -0.15) is 0 Å². The number of hydrogen-bond acceptors (Lipinski definition) is 3. The van der Waals surface area contributed by atoms with Gasteiger partial charge in [-0.3, -0.25) is 9.88 Å². The van der Waals surface area contributed by atoms with Gasteiger partial charge in [-0.1, -0.05) is 36.4 Å². The molecule has 0 bridgehead atoms. The first kappa shape index (κ1) is 13.6. The Kier molecular flexibility index (Phi) is 4.15. The maximum atomic E-state index is 11.9. The second kappa shape index (κ2) is 6.39. The minimum atomic E-state index is -0.213. The number of aromatic nitrogens is 1. The van der Waals surface area contributed by atoms with Crippen molar-refractivity contribution in [1.82, 2.24) is 9.88 Å². The SMILES string of the molecule is O=C1OCC(c2ccccc2)N1CCCc1cccnc1. The van der Waals surface area contributed by atoms with E-state index in [2.05, 4.69) is 11.1 Å². The second-order valence-corrected chi connectivity index (χ2v) is 5.16. The van der Waals surface area contributed by atoms with Crippen molar-refractivity contribution in [2.24, 2.45) is 0 Å². The summed E-state index contributed by atoms with van der Waals surface area (Å²) in [5, 5.41) is 0. The fourth-order valence-electron chi connectivity index (χ4n) is 2.65. The molecule has 108 valence electrons. The van der Waals surface area contributed by atoms with E-state index in [0.29, 0.717) is 13.2 Å². The Bertz CT molecular complexity index is 586. The zero-order valence-corrected chi connectivity index (χ0v) is 11.8. The van der Waals surface area contributed by atoms with Crippen LogP contribution >= 0.6 is 0 Å². The van der Waals surface area contributed by atoms with Crippen molar-refractivity contribution in [2.45, 2.75) is 18.9 Å². The molecule has 2 aromatic rings. The van der Waals surface area contributed by atoms with Crippen LogP contribution in [0.3, 0.4) is 0 Å². The molecule has 0 spiro atoms. The highest BCUT2D eigenvalue weighted by atomic mass is 16.6. The first-order valence-corrected chi connectivity index (χ1v) is 7.22. The van der Waals surface area contributed by atoms with Gasteiger partial charge in [0.2, 0.25) is 0 Å². The van der Waals surface area contributed by atoms with Crippen LogP contribution in [-0.2, 0) is 11.2 Å². The summed E-state index contributed by atoms with van der Waals surface area (Å²) in [6.45, 7) is 1.14. The molecule has 0 N–H and O–H groups in total. The van der Waals surface area contributed by atoms with Crippen molar-refractivity contribution in [3.63, 3.8) is 0 Å². The number of ether oxygens (including phenoxy) is 1. The monoisotopic (exact) mass is 282 g/mol. The topological polar surface area (TPSA) is 42.4 Å². The molecule has 4 nitrogen and oxygen atoms in total. The van der Waals surface area contributed by atoms with Crippen LogP contribution in [0, 0.1) is 0 Å². The number of rotatable bonds is 5. The zero-order chi connectivity index (χ0) is 14.5. The highest BCUT2D eigenvalue weighted by Crippen LogP contribution is 2.27. The Hall–Kier alpha value is -2.36. The van der Waals surface area contributed by atoms with E-state index in [4.69, 9.17) is 4.74 Å². The minimum absolute atomic E-state index is 0.0348. The van der Waals surface area contributed by atoms with Gasteiger partial charge in [-0.25, -0.2) is 4.79 Å². The predicted molar refractivity (Wildman–Crippen MR) is 79.8 cm³/mol. The maximum absolute atomic E-state index is 11.9. The molecule has 4 heteroatoms. The van der Waals surface area contributed by atoms with E-state index in [1.807, 2.05) is 47.5 Å². The molecule has 21 heavy (non-hydrogen) atoms. The summed E-state index contributed by atoms with van der Waals surface area (Å²) in [4.78, 5) is 17.8. The van der Waals surface area contributed by atoms with Crippen LogP contribution in [0.2, 0.25) is 0 Å². The largest absolute Gasteiger partial charge is 0.447 e. The van der Waals surface area contributed by atoms with Crippen molar-refractivity contribution in [1.29, 1.82) is 0 Å². The average Bonchev–Trinajstić information content (AvgIpc) is 2.91. The van der Waals surface area contributed by atoms with E-state index in [1.165, 1.54) is 5.56 Å². The fraction of sp³-hybridized carbons (Fsp3) is 0.294. The lowest BCUT2D eigenvalue weighted by molar-refractivity contribution is 0.157. The Labute approximate surface area is 124 Å². The number of hydrogen-bond donors (Lipinski definition) is 0. The second-order valence-electron chi connectivity index (χ2n) is 5.16. The van der Waals surface area contributed by atoms with E-state index in [-0.39, 0.29) is 12.1 Å². The smallest absolute Gasteiger partial charge is 0.410 e. The van der Waals surface area contributed by atoms with Crippen molar-refractivity contribution in [3.05, 3.63) is 66.0 Å². The molecule has 1 aromatic heterocycles. The van der Waals surface area contributed by atoms with Crippen LogP contribution in [0.1, 0.15) is 23.6 Å². The highest BCUT2D eigenvalue weighted by Gasteiger charge is 2.33. The summed E-state index contributed by atoms with van der Waals surface area (Å²) in [7, 11) is 0. The highest BCUT2D eigenvalue weighted by molar-refractivity contribution is 5.70. The Morgan fingerprint density at radius 2 is 2.05 bits per heavy atom. The van der Waals surface area contributed by atoms with Crippen LogP contribution in [0.4, 0.5) is 4.79 Å². The predicted octanol–water partition coefficient (Wildman–Crippen LogP) is 3.21. The number of aryl methyl sites for hydroxylation is 1. The first-order valence-electron chi connectivity index (χ1n) is 7.22. The molecule has 0 aliphatic carbocycles. The van der Waals surface area contributed by atoms with Crippen LogP contribution < -0.4 is 0 Å². The molecule has 0 saturated carbocycles. The van der Waals surface area contributed by atoms with E-state index >= 15 is 0 Å². The zero-order valence-electron chi connectivity index (χ0n) is 11.8. The molecular weight excluding hydrogens is 264 g/mol. The van der Waals surface area contributed by atoms with Crippen LogP contribution in [-0.4, -0.2) is 29.1 Å². The van der Waals surface area contributed by atoms with E-state index < -0.39 is 0 Å². The van der Waals surface area contributed by atoms with Crippen molar-refractivity contribution < 1.29 is 9.53 Å². The third kappa shape index (κ3) is 3.21. The number of cyclic esters (lactones) is 1. The van der Waals surface area contributed by atoms with Gasteiger partial charge in [0, 0.05) is 18.9 Å². The molecule has 0 radical (unpaired) electrons. The Morgan fingerprint density at radius 1 is 1.19 bits per heavy atom. The summed E-state index contributed by atoms with van der Waals surface area (Å²) >= 11 is 0. The molecule has 1 atom stereocenters. The number of benzene rings is 1. The van der Waals surface area contributed by atoms with Gasteiger partial charge in [0.05, 0.1) is 6.04 Å². The van der Waals surface area contributed by atoms with E-state index in [1.54, 1.807) is 6.20 Å². The maximum Gasteiger partial charge on any atom is 0.410 e.